The van der Waals surface area contributed by atoms with Crippen LogP contribution >= 0.6 is 11.8 Å². The molecule has 0 saturated heterocycles. The molecule has 0 aliphatic carbocycles. The summed E-state index contributed by atoms with van der Waals surface area (Å²) in [5, 5.41) is 13.2. The van der Waals surface area contributed by atoms with Gasteiger partial charge in [-0.15, -0.1) is 5.10 Å². The first kappa shape index (κ1) is 12.0. The van der Waals surface area contributed by atoms with Crippen LogP contribution < -0.4 is 0 Å². The number of nitrogens with zero attached hydrogens (tertiary/aromatic N) is 6. The fourth-order valence-corrected chi connectivity index (χ4v) is 2.51. The molecule has 0 radical (unpaired) electrons. The highest BCUT2D eigenvalue weighted by molar-refractivity contribution is 7.99. The number of aromatic nitrogens is 6. The SMILES string of the molecule is CC(C)n1nnnc1Sc1cnc2ccccc2n1. The molecule has 7 heteroatoms. The second-order valence-electron chi connectivity index (χ2n) is 4.30. The third-order valence-corrected chi connectivity index (χ3v) is 3.43. The monoisotopic (exact) mass is 272 g/mol. The standard InChI is InChI=1S/C12H12N6S/c1-8(2)18-12(15-16-17-18)19-11-7-13-9-5-3-4-6-10(9)14-11/h3-8H,1-2H3. The highest BCUT2D eigenvalue weighted by Gasteiger charge is 2.12. The Labute approximate surface area is 114 Å². The summed E-state index contributed by atoms with van der Waals surface area (Å²) in [7, 11) is 0. The molecule has 2 heterocycles. The van der Waals surface area contributed by atoms with Gasteiger partial charge in [0.05, 0.1) is 23.3 Å². The van der Waals surface area contributed by atoms with Crippen molar-refractivity contribution in [2.45, 2.75) is 30.1 Å². The van der Waals surface area contributed by atoms with Crippen LogP contribution in [0, 0.1) is 0 Å². The van der Waals surface area contributed by atoms with Crippen molar-refractivity contribution in [3.05, 3.63) is 30.5 Å². The molecule has 0 amide bonds. The number of tetrazole rings is 1. The molecule has 3 aromatic rings. The van der Waals surface area contributed by atoms with Gasteiger partial charge in [0.2, 0.25) is 5.16 Å². The van der Waals surface area contributed by atoms with Crippen LogP contribution in [0.25, 0.3) is 11.0 Å². The van der Waals surface area contributed by atoms with E-state index in [1.54, 1.807) is 10.9 Å². The Morgan fingerprint density at radius 2 is 1.95 bits per heavy atom. The van der Waals surface area contributed by atoms with Crippen molar-refractivity contribution in [2.75, 3.05) is 0 Å². The summed E-state index contributed by atoms with van der Waals surface area (Å²) in [6.07, 6.45) is 1.74. The van der Waals surface area contributed by atoms with Gasteiger partial charge in [-0.2, -0.15) is 0 Å². The summed E-state index contributed by atoms with van der Waals surface area (Å²) >= 11 is 1.42. The lowest BCUT2D eigenvalue weighted by Gasteiger charge is -2.06. The van der Waals surface area contributed by atoms with Crippen molar-refractivity contribution in [2.24, 2.45) is 0 Å². The number of hydrogen-bond donors (Lipinski definition) is 0. The zero-order valence-corrected chi connectivity index (χ0v) is 11.4. The molecule has 0 saturated carbocycles. The molecule has 19 heavy (non-hydrogen) atoms. The summed E-state index contributed by atoms with van der Waals surface area (Å²) in [6.45, 7) is 4.07. The quantitative estimate of drug-likeness (QED) is 0.729. The van der Waals surface area contributed by atoms with Gasteiger partial charge < -0.3 is 0 Å². The van der Waals surface area contributed by atoms with Gasteiger partial charge in [0.1, 0.15) is 5.03 Å². The summed E-state index contributed by atoms with van der Waals surface area (Å²) < 4.78 is 1.77. The molecule has 1 aromatic carbocycles. The molecule has 0 atom stereocenters. The molecule has 0 fully saturated rings. The second kappa shape index (κ2) is 4.93. The van der Waals surface area contributed by atoms with E-state index in [2.05, 4.69) is 25.5 Å². The van der Waals surface area contributed by atoms with Crippen molar-refractivity contribution in [1.29, 1.82) is 0 Å². The van der Waals surface area contributed by atoms with Crippen LogP contribution in [0.4, 0.5) is 0 Å². The Morgan fingerprint density at radius 3 is 2.74 bits per heavy atom. The van der Waals surface area contributed by atoms with E-state index in [1.165, 1.54) is 11.8 Å². The molecule has 96 valence electrons. The molecule has 6 nitrogen and oxygen atoms in total. The molecule has 0 N–H and O–H groups in total. The van der Waals surface area contributed by atoms with Gasteiger partial charge in [-0.25, -0.2) is 9.67 Å². The van der Waals surface area contributed by atoms with Crippen LogP contribution in [0.5, 0.6) is 0 Å². The molecule has 0 spiro atoms. The van der Waals surface area contributed by atoms with E-state index in [-0.39, 0.29) is 6.04 Å². The minimum Gasteiger partial charge on any atom is -0.252 e. The first-order chi connectivity index (χ1) is 9.24. The molecular weight excluding hydrogens is 260 g/mol. The lowest BCUT2D eigenvalue weighted by atomic mass is 10.3. The number of benzene rings is 1. The van der Waals surface area contributed by atoms with Crippen LogP contribution in [-0.4, -0.2) is 30.2 Å². The van der Waals surface area contributed by atoms with Crippen LogP contribution in [0.1, 0.15) is 19.9 Å². The predicted octanol–water partition coefficient (Wildman–Crippen LogP) is 2.35. The smallest absolute Gasteiger partial charge is 0.215 e. The molecule has 0 unspecified atom stereocenters. The van der Waals surface area contributed by atoms with Crippen molar-refractivity contribution in [1.82, 2.24) is 30.2 Å². The summed E-state index contributed by atoms with van der Waals surface area (Å²) in [5.41, 5.74) is 1.76. The van der Waals surface area contributed by atoms with Crippen molar-refractivity contribution < 1.29 is 0 Å². The van der Waals surface area contributed by atoms with E-state index in [0.29, 0.717) is 0 Å². The molecule has 0 aliphatic heterocycles. The fraction of sp³-hybridized carbons (Fsp3) is 0.250. The molecule has 3 rings (SSSR count). The van der Waals surface area contributed by atoms with E-state index in [1.807, 2.05) is 38.1 Å². The Bertz CT molecular complexity index is 708. The third kappa shape index (κ3) is 2.41. The van der Waals surface area contributed by atoms with Crippen molar-refractivity contribution in [3.8, 4) is 0 Å². The number of para-hydroxylation sites is 2. The van der Waals surface area contributed by atoms with Crippen LogP contribution in [0.3, 0.4) is 0 Å². The largest absolute Gasteiger partial charge is 0.252 e. The van der Waals surface area contributed by atoms with Gasteiger partial charge in [0.25, 0.3) is 0 Å². The number of rotatable bonds is 3. The van der Waals surface area contributed by atoms with Crippen molar-refractivity contribution in [3.63, 3.8) is 0 Å². The zero-order valence-electron chi connectivity index (χ0n) is 10.6. The van der Waals surface area contributed by atoms with Crippen LogP contribution in [-0.2, 0) is 0 Å². The average Bonchev–Trinajstić information content (AvgIpc) is 2.87. The highest BCUT2D eigenvalue weighted by atomic mass is 32.2. The minimum atomic E-state index is 0.214. The Morgan fingerprint density at radius 1 is 1.16 bits per heavy atom. The fourth-order valence-electron chi connectivity index (χ4n) is 1.66. The van der Waals surface area contributed by atoms with E-state index in [4.69, 9.17) is 0 Å². The van der Waals surface area contributed by atoms with Gasteiger partial charge in [0.15, 0.2) is 0 Å². The van der Waals surface area contributed by atoms with E-state index >= 15 is 0 Å². The lowest BCUT2D eigenvalue weighted by molar-refractivity contribution is 0.477. The zero-order chi connectivity index (χ0) is 13.2. The highest BCUT2D eigenvalue weighted by Crippen LogP contribution is 2.25. The summed E-state index contributed by atoms with van der Waals surface area (Å²) in [5.74, 6) is 0. The second-order valence-corrected chi connectivity index (χ2v) is 5.29. The predicted molar refractivity (Wildman–Crippen MR) is 71.9 cm³/mol. The maximum atomic E-state index is 4.54. The summed E-state index contributed by atoms with van der Waals surface area (Å²) in [6, 6.07) is 7.99. The Hall–Kier alpha value is -2.02. The lowest BCUT2D eigenvalue weighted by Crippen LogP contribution is -2.04. The van der Waals surface area contributed by atoms with Gasteiger partial charge in [-0.05, 0) is 48.2 Å². The molecule has 0 bridgehead atoms. The van der Waals surface area contributed by atoms with Gasteiger partial charge in [-0.1, -0.05) is 12.1 Å². The van der Waals surface area contributed by atoms with E-state index < -0.39 is 0 Å². The first-order valence-electron chi connectivity index (χ1n) is 5.91. The minimum absolute atomic E-state index is 0.214. The number of fused-ring (bicyclic) bond motifs is 1. The Balaban J connectivity index is 1.94. The van der Waals surface area contributed by atoms with Gasteiger partial charge in [0, 0.05) is 0 Å². The molecular formula is C12H12N6S. The third-order valence-electron chi connectivity index (χ3n) is 2.57. The topological polar surface area (TPSA) is 69.4 Å². The maximum Gasteiger partial charge on any atom is 0.215 e. The normalized spacial score (nSPS) is 11.3. The number of hydrogen-bond acceptors (Lipinski definition) is 6. The van der Waals surface area contributed by atoms with Crippen LogP contribution in [0.2, 0.25) is 0 Å². The maximum absolute atomic E-state index is 4.54. The van der Waals surface area contributed by atoms with Crippen molar-refractivity contribution >= 4 is 22.8 Å². The summed E-state index contributed by atoms with van der Waals surface area (Å²) in [4.78, 5) is 8.92. The first-order valence-corrected chi connectivity index (χ1v) is 6.73. The van der Waals surface area contributed by atoms with E-state index in [9.17, 15) is 0 Å². The average molecular weight is 272 g/mol. The molecule has 0 aliphatic rings. The Kier molecular flexibility index (Phi) is 3.12. The van der Waals surface area contributed by atoms with Crippen LogP contribution in [0.15, 0.2) is 40.6 Å². The van der Waals surface area contributed by atoms with Gasteiger partial charge >= 0.3 is 0 Å². The molecule has 2 aromatic heterocycles. The van der Waals surface area contributed by atoms with E-state index in [0.717, 1.165) is 21.2 Å². The van der Waals surface area contributed by atoms with Gasteiger partial charge in [-0.3, -0.25) is 4.98 Å².